The van der Waals surface area contributed by atoms with E-state index < -0.39 is 11.6 Å². The highest BCUT2D eigenvalue weighted by atomic mass is 19.1. The number of amides is 1. The molecule has 1 aliphatic heterocycles. The monoisotopic (exact) mass is 356 g/mol. The highest BCUT2D eigenvalue weighted by Gasteiger charge is 2.26. The van der Waals surface area contributed by atoms with Crippen molar-refractivity contribution in [3.63, 3.8) is 0 Å². The quantitative estimate of drug-likeness (QED) is 0.755. The lowest BCUT2D eigenvalue weighted by Crippen LogP contribution is -2.36. The fourth-order valence-corrected chi connectivity index (χ4v) is 3.22. The molecule has 0 fully saturated rings. The van der Waals surface area contributed by atoms with Gasteiger partial charge in [0.05, 0.1) is 23.5 Å². The van der Waals surface area contributed by atoms with E-state index in [0.717, 1.165) is 29.6 Å². The first kappa shape index (κ1) is 16.5. The van der Waals surface area contributed by atoms with Crippen LogP contribution in [0.1, 0.15) is 34.5 Å². The SMILES string of the molecule is CCc1ccc(C(=O)N2CCc3nc(-c4ccc(F)cc4F)[nH]c3C2)[nH]1. The summed E-state index contributed by atoms with van der Waals surface area (Å²) in [5.41, 5.74) is 3.39. The fraction of sp³-hybridized carbons (Fsp3) is 0.263. The molecule has 1 aliphatic rings. The maximum absolute atomic E-state index is 14.0. The van der Waals surface area contributed by atoms with Crippen molar-refractivity contribution in [1.82, 2.24) is 19.9 Å². The predicted molar refractivity (Wildman–Crippen MR) is 92.6 cm³/mol. The van der Waals surface area contributed by atoms with E-state index >= 15 is 0 Å². The van der Waals surface area contributed by atoms with Gasteiger partial charge in [-0.05, 0) is 30.7 Å². The second kappa shape index (κ2) is 6.40. The number of nitrogens with one attached hydrogen (secondary N) is 2. The predicted octanol–water partition coefficient (Wildman–Crippen LogP) is 3.44. The third-order valence-corrected chi connectivity index (χ3v) is 4.66. The molecule has 0 unspecified atom stereocenters. The Morgan fingerprint density at radius 2 is 2.08 bits per heavy atom. The zero-order valence-electron chi connectivity index (χ0n) is 14.3. The van der Waals surface area contributed by atoms with Gasteiger partial charge in [0, 0.05) is 24.7 Å². The topological polar surface area (TPSA) is 64.8 Å². The van der Waals surface area contributed by atoms with Gasteiger partial charge in [0.15, 0.2) is 0 Å². The molecule has 134 valence electrons. The van der Waals surface area contributed by atoms with Crippen molar-refractivity contribution >= 4 is 5.91 Å². The second-order valence-electron chi connectivity index (χ2n) is 6.36. The number of nitrogens with zero attached hydrogens (tertiary/aromatic N) is 2. The van der Waals surface area contributed by atoms with Gasteiger partial charge in [-0.25, -0.2) is 13.8 Å². The molecular weight excluding hydrogens is 338 g/mol. The summed E-state index contributed by atoms with van der Waals surface area (Å²) in [7, 11) is 0. The third kappa shape index (κ3) is 2.89. The largest absolute Gasteiger partial charge is 0.354 e. The highest BCUT2D eigenvalue weighted by molar-refractivity contribution is 5.92. The molecule has 2 N–H and O–H groups in total. The number of H-pyrrole nitrogens is 2. The number of benzene rings is 1. The Hall–Kier alpha value is -2.96. The number of hydrogen-bond acceptors (Lipinski definition) is 2. The molecule has 0 atom stereocenters. The Bertz CT molecular complexity index is 976. The van der Waals surface area contributed by atoms with E-state index in [2.05, 4.69) is 15.0 Å². The number of hydrogen-bond donors (Lipinski definition) is 2. The van der Waals surface area contributed by atoms with Gasteiger partial charge in [-0.15, -0.1) is 0 Å². The molecule has 0 spiro atoms. The van der Waals surface area contributed by atoms with E-state index in [0.29, 0.717) is 31.0 Å². The van der Waals surface area contributed by atoms with Crippen LogP contribution in [-0.2, 0) is 19.4 Å². The number of aryl methyl sites for hydroxylation is 1. The van der Waals surface area contributed by atoms with Crippen LogP contribution in [0.5, 0.6) is 0 Å². The summed E-state index contributed by atoms with van der Waals surface area (Å²) in [5, 5.41) is 0. The van der Waals surface area contributed by atoms with Crippen molar-refractivity contribution in [2.24, 2.45) is 0 Å². The lowest BCUT2D eigenvalue weighted by atomic mass is 10.1. The average Bonchev–Trinajstić information content (AvgIpc) is 3.27. The van der Waals surface area contributed by atoms with Gasteiger partial charge in [0.25, 0.3) is 5.91 Å². The van der Waals surface area contributed by atoms with Gasteiger partial charge in [-0.3, -0.25) is 4.79 Å². The second-order valence-corrected chi connectivity index (χ2v) is 6.36. The minimum Gasteiger partial charge on any atom is -0.354 e. The van der Waals surface area contributed by atoms with E-state index in [9.17, 15) is 13.6 Å². The van der Waals surface area contributed by atoms with Crippen molar-refractivity contribution in [3.05, 3.63) is 64.7 Å². The van der Waals surface area contributed by atoms with E-state index in [4.69, 9.17) is 0 Å². The lowest BCUT2D eigenvalue weighted by molar-refractivity contribution is 0.0726. The van der Waals surface area contributed by atoms with E-state index in [1.807, 2.05) is 13.0 Å². The number of carbonyl (C=O) groups is 1. The molecule has 0 radical (unpaired) electrons. The highest BCUT2D eigenvalue weighted by Crippen LogP contribution is 2.25. The number of imidazole rings is 1. The third-order valence-electron chi connectivity index (χ3n) is 4.66. The number of carbonyl (C=O) groups excluding carboxylic acids is 1. The summed E-state index contributed by atoms with van der Waals surface area (Å²) in [6, 6.07) is 7.11. The molecule has 4 rings (SSSR count). The maximum atomic E-state index is 14.0. The molecule has 26 heavy (non-hydrogen) atoms. The number of aromatic nitrogens is 3. The zero-order valence-corrected chi connectivity index (χ0v) is 14.3. The van der Waals surface area contributed by atoms with Gasteiger partial charge in [-0.1, -0.05) is 6.92 Å². The Morgan fingerprint density at radius 1 is 1.23 bits per heavy atom. The summed E-state index contributed by atoms with van der Waals surface area (Å²) in [5.74, 6) is -1.01. The van der Waals surface area contributed by atoms with Crippen LogP contribution in [0.3, 0.4) is 0 Å². The summed E-state index contributed by atoms with van der Waals surface area (Å²) < 4.78 is 27.1. The van der Waals surface area contributed by atoms with Gasteiger partial charge in [-0.2, -0.15) is 0 Å². The smallest absolute Gasteiger partial charge is 0.270 e. The standard InChI is InChI=1S/C19H18F2N4O/c1-2-12-4-6-16(22-12)19(26)25-8-7-15-17(10-25)24-18(23-15)13-5-3-11(20)9-14(13)21/h3-6,9,22H,2,7-8,10H2,1H3,(H,23,24). The fourth-order valence-electron chi connectivity index (χ4n) is 3.22. The first-order chi connectivity index (χ1) is 12.5. The molecule has 1 amide bonds. The Morgan fingerprint density at radius 3 is 2.81 bits per heavy atom. The van der Waals surface area contributed by atoms with E-state index in [-0.39, 0.29) is 11.5 Å². The van der Waals surface area contributed by atoms with Crippen LogP contribution in [0.15, 0.2) is 30.3 Å². The number of halogens is 2. The summed E-state index contributed by atoms with van der Waals surface area (Å²) in [4.78, 5) is 25.0. The molecular formula is C19H18F2N4O. The van der Waals surface area contributed by atoms with Gasteiger partial charge in [0.2, 0.25) is 0 Å². The Labute approximate surface area is 149 Å². The minimum absolute atomic E-state index is 0.0699. The summed E-state index contributed by atoms with van der Waals surface area (Å²) in [6.07, 6.45) is 1.42. The summed E-state index contributed by atoms with van der Waals surface area (Å²) >= 11 is 0. The molecule has 0 saturated carbocycles. The molecule has 3 aromatic rings. The van der Waals surface area contributed by atoms with E-state index in [1.54, 1.807) is 11.0 Å². The van der Waals surface area contributed by atoms with Crippen LogP contribution < -0.4 is 0 Å². The number of aromatic amines is 2. The molecule has 0 saturated heterocycles. The number of fused-ring (bicyclic) bond motifs is 1. The zero-order chi connectivity index (χ0) is 18.3. The minimum atomic E-state index is -0.664. The Balaban J connectivity index is 1.57. The van der Waals surface area contributed by atoms with Crippen LogP contribution in [0, 0.1) is 11.6 Å². The van der Waals surface area contributed by atoms with Crippen LogP contribution in [0.4, 0.5) is 8.78 Å². The molecule has 7 heteroatoms. The number of rotatable bonds is 3. The van der Waals surface area contributed by atoms with Crippen molar-refractivity contribution in [2.45, 2.75) is 26.3 Å². The molecule has 1 aromatic carbocycles. The molecule has 5 nitrogen and oxygen atoms in total. The molecule has 0 bridgehead atoms. The molecule has 0 aliphatic carbocycles. The van der Waals surface area contributed by atoms with Crippen molar-refractivity contribution < 1.29 is 13.6 Å². The van der Waals surface area contributed by atoms with Crippen LogP contribution in [-0.4, -0.2) is 32.3 Å². The van der Waals surface area contributed by atoms with E-state index in [1.165, 1.54) is 12.1 Å². The van der Waals surface area contributed by atoms with Gasteiger partial charge < -0.3 is 14.9 Å². The van der Waals surface area contributed by atoms with Crippen molar-refractivity contribution in [1.29, 1.82) is 0 Å². The summed E-state index contributed by atoms with van der Waals surface area (Å²) in [6.45, 7) is 2.95. The van der Waals surface area contributed by atoms with Crippen LogP contribution in [0.25, 0.3) is 11.4 Å². The van der Waals surface area contributed by atoms with Gasteiger partial charge >= 0.3 is 0 Å². The normalized spacial score (nSPS) is 13.7. The van der Waals surface area contributed by atoms with Gasteiger partial charge in [0.1, 0.15) is 23.2 Å². The maximum Gasteiger partial charge on any atom is 0.270 e. The average molecular weight is 356 g/mol. The van der Waals surface area contributed by atoms with Crippen molar-refractivity contribution in [3.8, 4) is 11.4 Å². The lowest BCUT2D eigenvalue weighted by Gasteiger charge is -2.25. The first-order valence-corrected chi connectivity index (χ1v) is 8.55. The Kier molecular flexibility index (Phi) is 4.06. The first-order valence-electron chi connectivity index (χ1n) is 8.55. The van der Waals surface area contributed by atoms with Crippen LogP contribution >= 0.6 is 0 Å². The molecule has 2 aromatic heterocycles. The molecule has 3 heterocycles. The van der Waals surface area contributed by atoms with Crippen LogP contribution in [0.2, 0.25) is 0 Å². The van der Waals surface area contributed by atoms with Crippen molar-refractivity contribution in [2.75, 3.05) is 6.54 Å².